The van der Waals surface area contributed by atoms with Crippen molar-refractivity contribution in [3.05, 3.63) is 215 Å². The van der Waals surface area contributed by atoms with Gasteiger partial charge in [0.05, 0.1) is 75.1 Å². The van der Waals surface area contributed by atoms with Gasteiger partial charge in [0.2, 0.25) is 0 Å². The standard InChI is InChI=1S/C96H90Cl6O18/c97-31-1-37-109-61-19-7-55(8-20-61)67-43-79(67)91(103)115-85-49-73-74(50-86(85)116-92(104)80-44-68(80)56-9-21-62(22-10-56)110-38-2-32-98)76-52-88(118-94(106)82-46-70(82)58-13-25-64(26-14-58)112-40-4-34-100)90(120-96(108)84-48-72(84)60-17-29-66(30-18-60)114-42-6-36-102)54-78(76)77-53-89(119-95(107)83-47-71(83)59-15-27-65(28-16-59)113-41-5-35-101)87(51-75(73)77)117-93(105)81-45-69(81)57-11-23-63(24-12-57)111-39-3-33-99/h7-30,49-54,67-72,79-84H,1-6,31-48H2. The number of hydrogen-bond acceptors (Lipinski definition) is 18. The molecule has 0 aromatic heterocycles. The number of esters is 6. The number of carbonyl (C=O) groups excluding carboxylic acids is 6. The minimum atomic E-state index is -0.607. The van der Waals surface area contributed by atoms with Crippen molar-refractivity contribution in [1.82, 2.24) is 0 Å². The molecule has 18 nitrogen and oxygen atoms in total. The summed E-state index contributed by atoms with van der Waals surface area (Å²) in [6.45, 7) is 2.67. The second kappa shape index (κ2) is 38.6. The Balaban J connectivity index is 0.823. The van der Waals surface area contributed by atoms with Crippen molar-refractivity contribution >= 4 is 138 Å². The lowest BCUT2D eigenvalue weighted by atomic mass is 9.93. The predicted molar refractivity (Wildman–Crippen MR) is 462 cm³/mol. The quantitative estimate of drug-likeness (QED) is 0.0114. The summed E-state index contributed by atoms with van der Waals surface area (Å²) in [6, 6.07) is 55.1. The summed E-state index contributed by atoms with van der Waals surface area (Å²) < 4.78 is 74.9. The number of halogens is 6. The van der Waals surface area contributed by atoms with Gasteiger partial charge in [0.25, 0.3) is 0 Å². The monoisotopic (exact) mass is 1740 g/mol. The molecule has 6 aliphatic rings. The van der Waals surface area contributed by atoms with Gasteiger partial charge in [-0.3, -0.25) is 28.8 Å². The maximum absolute atomic E-state index is 15.0. The normalized spacial score (nSPS) is 21.4. The molecule has 0 spiro atoms. The second-order valence-electron chi connectivity index (χ2n) is 31.5. The van der Waals surface area contributed by atoms with Gasteiger partial charge in [-0.2, -0.15) is 0 Å². The second-order valence-corrected chi connectivity index (χ2v) is 33.8. The minimum absolute atomic E-state index is 0.106. The van der Waals surface area contributed by atoms with Crippen LogP contribution in [0.5, 0.6) is 69.0 Å². The van der Waals surface area contributed by atoms with Gasteiger partial charge in [-0.05, 0) is 287 Å². The van der Waals surface area contributed by atoms with Gasteiger partial charge in [0.15, 0.2) is 34.5 Å². The van der Waals surface area contributed by atoms with Gasteiger partial charge in [-0.15, -0.1) is 69.6 Å². The van der Waals surface area contributed by atoms with Crippen LogP contribution in [-0.4, -0.2) is 111 Å². The van der Waals surface area contributed by atoms with Gasteiger partial charge >= 0.3 is 35.8 Å². The summed E-state index contributed by atoms with van der Waals surface area (Å²) in [6.07, 6.45) is 6.78. The molecular formula is C96H90Cl6O18. The molecular weight excluding hydrogens is 1650 g/mol. The van der Waals surface area contributed by atoms with Crippen LogP contribution in [0.1, 0.15) is 146 Å². The largest absolute Gasteiger partial charge is 0.494 e. The van der Waals surface area contributed by atoms with Crippen molar-refractivity contribution < 1.29 is 85.6 Å². The van der Waals surface area contributed by atoms with E-state index < -0.39 is 71.3 Å². The molecule has 24 heteroatoms. The van der Waals surface area contributed by atoms with Crippen molar-refractivity contribution in [1.29, 1.82) is 0 Å². The van der Waals surface area contributed by atoms with E-state index in [1.807, 2.05) is 146 Å². The fourth-order valence-corrected chi connectivity index (χ4v) is 16.5. The smallest absolute Gasteiger partial charge is 0.315 e. The minimum Gasteiger partial charge on any atom is -0.494 e. The van der Waals surface area contributed by atoms with Crippen LogP contribution < -0.4 is 56.8 Å². The zero-order valence-electron chi connectivity index (χ0n) is 65.8. The first kappa shape index (κ1) is 84.0. The number of ether oxygens (including phenoxy) is 12. The Labute approximate surface area is 725 Å². The highest BCUT2D eigenvalue weighted by molar-refractivity contribution is 6.27. The van der Waals surface area contributed by atoms with Crippen LogP contribution in [0.3, 0.4) is 0 Å². The zero-order valence-corrected chi connectivity index (χ0v) is 70.4. The average Bonchev–Trinajstić information content (AvgIpc) is 1.71. The third kappa shape index (κ3) is 20.2. The third-order valence-electron chi connectivity index (χ3n) is 23.1. The Morgan fingerprint density at radius 1 is 0.217 bits per heavy atom. The highest BCUT2D eigenvalue weighted by atomic mass is 35.5. The zero-order chi connectivity index (χ0) is 82.9. The van der Waals surface area contributed by atoms with Gasteiger partial charge in [-0.25, -0.2) is 0 Å². The molecule has 16 rings (SSSR count). The molecule has 6 saturated carbocycles. The Morgan fingerprint density at radius 2 is 0.350 bits per heavy atom. The SMILES string of the molecule is O=C(Oc1cc2c3cc(OC(=O)C4CC4c4ccc(OCCCCl)cc4)c(OC(=O)C4CC4c4ccc(OCCCCl)cc4)cc3c3cc(OC(=O)C4CC4c4ccc(OCCCCl)cc4)c(OC(=O)C4CC4c4ccc(OCCCCl)cc4)cc3c2cc1OC(=O)C1CC1c1ccc(OCCCCl)cc1)C1CC1c1ccc(OCCCCl)cc1. The van der Waals surface area contributed by atoms with Crippen LogP contribution in [0.25, 0.3) is 32.3 Å². The van der Waals surface area contributed by atoms with Crippen molar-refractivity contribution in [2.75, 3.05) is 74.9 Å². The fraction of sp³-hybridized carbons (Fsp3) is 0.375. The summed E-state index contributed by atoms with van der Waals surface area (Å²) >= 11 is 35.7. The van der Waals surface area contributed by atoms with Gasteiger partial charge in [0.1, 0.15) is 34.5 Å². The van der Waals surface area contributed by atoms with Crippen molar-refractivity contribution in [3.63, 3.8) is 0 Å². The highest BCUT2D eigenvalue weighted by Crippen LogP contribution is 2.57. The van der Waals surface area contributed by atoms with Crippen molar-refractivity contribution in [2.45, 2.75) is 113 Å². The van der Waals surface area contributed by atoms with Gasteiger partial charge in [-0.1, -0.05) is 72.8 Å². The molecule has 6 aliphatic carbocycles. The van der Waals surface area contributed by atoms with E-state index in [1.165, 1.54) is 0 Å². The molecule has 0 N–H and O–H groups in total. The van der Waals surface area contributed by atoms with Crippen LogP contribution in [-0.2, 0) is 28.8 Å². The average molecular weight is 1740 g/mol. The van der Waals surface area contributed by atoms with Crippen LogP contribution in [0.4, 0.5) is 0 Å². The number of hydrogen-bond donors (Lipinski definition) is 0. The summed E-state index contributed by atoms with van der Waals surface area (Å²) in [5.41, 5.74) is 5.39. The van der Waals surface area contributed by atoms with Crippen LogP contribution in [0.15, 0.2) is 182 Å². The fourth-order valence-electron chi connectivity index (χ4n) is 15.9. The first-order valence-electron chi connectivity index (χ1n) is 41.2. The molecule has 12 atom stereocenters. The van der Waals surface area contributed by atoms with Crippen LogP contribution in [0.2, 0.25) is 0 Å². The van der Waals surface area contributed by atoms with Crippen LogP contribution in [0, 0.1) is 35.5 Å². The summed E-state index contributed by atoms with van der Waals surface area (Å²) in [4.78, 5) is 90.3. The summed E-state index contributed by atoms with van der Waals surface area (Å²) in [5, 5.41) is 2.23. The lowest BCUT2D eigenvalue weighted by molar-refractivity contribution is -0.138. The van der Waals surface area contributed by atoms with Crippen molar-refractivity contribution in [2.24, 2.45) is 35.5 Å². The van der Waals surface area contributed by atoms with Gasteiger partial charge in [0, 0.05) is 35.3 Å². The number of benzene rings is 10. The van der Waals surface area contributed by atoms with E-state index in [4.69, 9.17) is 126 Å². The molecule has 12 unspecified atom stereocenters. The molecule has 10 aromatic carbocycles. The van der Waals surface area contributed by atoms with E-state index in [0.29, 0.717) is 219 Å². The lowest BCUT2D eigenvalue weighted by Crippen LogP contribution is -2.16. The molecule has 0 amide bonds. The number of rotatable bonds is 42. The van der Waals surface area contributed by atoms with Gasteiger partial charge < -0.3 is 56.8 Å². The predicted octanol–water partition coefficient (Wildman–Crippen LogP) is 21.4. The molecule has 6 fully saturated rings. The molecule has 0 aliphatic heterocycles. The topological polar surface area (TPSA) is 213 Å². The number of carbonyl (C=O) groups is 6. The Morgan fingerprint density at radius 3 is 0.475 bits per heavy atom. The van der Waals surface area contributed by atoms with E-state index in [9.17, 15) is 0 Å². The summed E-state index contributed by atoms with van der Waals surface area (Å²) in [5.74, 6) is -2.41. The Hall–Kier alpha value is -9.66. The highest BCUT2D eigenvalue weighted by Gasteiger charge is 2.51. The van der Waals surface area contributed by atoms with Crippen LogP contribution >= 0.6 is 69.6 Å². The van der Waals surface area contributed by atoms with E-state index in [-0.39, 0.29) is 70.0 Å². The van der Waals surface area contributed by atoms with E-state index >= 15 is 28.8 Å². The maximum Gasteiger partial charge on any atom is 0.315 e. The molecule has 0 radical (unpaired) electrons. The molecule has 0 bridgehead atoms. The molecule has 624 valence electrons. The Bertz CT molecular complexity index is 4480. The maximum atomic E-state index is 15.0. The number of fused-ring (bicyclic) bond motifs is 6. The van der Waals surface area contributed by atoms with E-state index in [1.54, 1.807) is 36.4 Å². The first-order valence-corrected chi connectivity index (χ1v) is 44.4. The molecule has 0 saturated heterocycles. The summed E-state index contributed by atoms with van der Waals surface area (Å²) in [7, 11) is 0. The molecule has 0 heterocycles. The Kier molecular flexibility index (Phi) is 27.0. The lowest BCUT2D eigenvalue weighted by Gasteiger charge is -2.19. The number of alkyl halides is 6. The first-order chi connectivity index (χ1) is 58.7. The molecule has 120 heavy (non-hydrogen) atoms. The van der Waals surface area contributed by atoms with Crippen molar-refractivity contribution in [3.8, 4) is 69.0 Å². The van der Waals surface area contributed by atoms with E-state index in [0.717, 1.165) is 33.4 Å². The van der Waals surface area contributed by atoms with E-state index in [2.05, 4.69) is 0 Å². The molecule has 10 aromatic rings. The third-order valence-corrected chi connectivity index (χ3v) is 24.7.